The van der Waals surface area contributed by atoms with Crippen LogP contribution in [0.1, 0.15) is 37.3 Å². The van der Waals surface area contributed by atoms with Crippen LogP contribution in [-0.4, -0.2) is 44.9 Å². The van der Waals surface area contributed by atoms with Crippen molar-refractivity contribution in [1.82, 2.24) is 10.6 Å². The molecule has 0 bridgehead atoms. The van der Waals surface area contributed by atoms with E-state index in [9.17, 15) is 13.5 Å². The summed E-state index contributed by atoms with van der Waals surface area (Å²) in [6.07, 6.45) is 4.00. The topological polar surface area (TPSA) is 90.8 Å². The van der Waals surface area contributed by atoms with Crippen LogP contribution in [0.3, 0.4) is 0 Å². The van der Waals surface area contributed by atoms with Gasteiger partial charge in [0.1, 0.15) is 0 Å². The molecule has 1 aliphatic carbocycles. The smallest absolute Gasteiger partial charge is 0.191 e. The van der Waals surface area contributed by atoms with Crippen LogP contribution in [0.4, 0.5) is 0 Å². The predicted molar refractivity (Wildman–Crippen MR) is 116 cm³/mol. The van der Waals surface area contributed by atoms with Crippen molar-refractivity contribution in [3.63, 3.8) is 0 Å². The quantitative estimate of drug-likeness (QED) is 0.320. The lowest BCUT2D eigenvalue weighted by Gasteiger charge is -2.17. The number of sulfone groups is 1. The lowest BCUT2D eigenvalue weighted by atomic mass is 10.1. The first kappa shape index (κ1) is 23.2. The van der Waals surface area contributed by atoms with Gasteiger partial charge in [-0.25, -0.2) is 13.4 Å². The van der Waals surface area contributed by atoms with E-state index in [1.54, 1.807) is 19.1 Å². The summed E-state index contributed by atoms with van der Waals surface area (Å²) >= 11 is 0. The molecule has 0 saturated heterocycles. The normalized spacial score (nSPS) is 20.5. The molecule has 6 nitrogen and oxygen atoms in total. The second-order valence-corrected chi connectivity index (χ2v) is 8.69. The molecule has 8 heteroatoms. The van der Waals surface area contributed by atoms with Gasteiger partial charge in [0.25, 0.3) is 0 Å². The average molecular weight is 495 g/mol. The molecule has 2 unspecified atom stereocenters. The van der Waals surface area contributed by atoms with Crippen molar-refractivity contribution in [2.75, 3.05) is 19.3 Å². The maximum Gasteiger partial charge on any atom is 0.191 e. The number of hydrogen-bond acceptors (Lipinski definition) is 4. The lowest BCUT2D eigenvalue weighted by Crippen LogP contribution is -2.41. The maximum atomic E-state index is 11.7. The van der Waals surface area contributed by atoms with Gasteiger partial charge in [0.05, 0.1) is 17.5 Å². The number of benzene rings is 1. The van der Waals surface area contributed by atoms with Gasteiger partial charge >= 0.3 is 0 Å². The molecule has 1 aromatic carbocycles. The highest BCUT2D eigenvalue weighted by Gasteiger charge is 2.24. The lowest BCUT2D eigenvalue weighted by molar-refractivity contribution is 0.134. The molecular formula is C18H30IN3O3S. The zero-order valence-corrected chi connectivity index (χ0v) is 18.8. The van der Waals surface area contributed by atoms with Crippen LogP contribution in [0, 0.1) is 12.8 Å². The summed E-state index contributed by atoms with van der Waals surface area (Å²) in [5.41, 5.74) is 1.70. The minimum Gasteiger partial charge on any atom is -0.393 e. The molecule has 0 aliphatic heterocycles. The minimum absolute atomic E-state index is 0. The second-order valence-electron chi connectivity index (χ2n) is 6.71. The van der Waals surface area contributed by atoms with E-state index in [0.717, 1.165) is 36.9 Å². The standard InChI is InChI=1S/C18H29N3O3S.HI/c1-4-19-18(21-12-15-6-5-7-16(15)22)20-11-14-8-9-17(13(2)10-14)25(3,23)24;/h8-10,15-16,22H,4-7,11-12H2,1-3H3,(H2,19,20,21);1H. The number of guanidine groups is 1. The fourth-order valence-corrected chi connectivity index (χ4v) is 4.18. The van der Waals surface area contributed by atoms with E-state index in [2.05, 4.69) is 15.6 Å². The Morgan fingerprint density at radius 2 is 2.04 bits per heavy atom. The van der Waals surface area contributed by atoms with Crippen LogP contribution >= 0.6 is 24.0 Å². The summed E-state index contributed by atoms with van der Waals surface area (Å²) in [4.78, 5) is 4.93. The van der Waals surface area contributed by atoms with Gasteiger partial charge < -0.3 is 15.7 Å². The number of nitrogens with zero attached hydrogens (tertiary/aromatic N) is 1. The van der Waals surface area contributed by atoms with E-state index < -0.39 is 9.84 Å². The number of rotatable bonds is 6. The fourth-order valence-electron chi connectivity index (χ4n) is 3.22. The highest BCUT2D eigenvalue weighted by molar-refractivity contribution is 14.0. The van der Waals surface area contributed by atoms with Crippen molar-refractivity contribution in [3.8, 4) is 0 Å². The molecule has 0 aromatic heterocycles. The van der Waals surface area contributed by atoms with E-state index >= 15 is 0 Å². The Morgan fingerprint density at radius 1 is 1.31 bits per heavy atom. The number of hydrogen-bond donors (Lipinski definition) is 3. The SMILES string of the molecule is CCNC(=NCc1ccc(S(C)(=O)=O)c(C)c1)NCC1CCCC1O.I. The summed E-state index contributed by atoms with van der Waals surface area (Å²) in [7, 11) is -3.20. The van der Waals surface area contributed by atoms with Crippen molar-refractivity contribution in [1.29, 1.82) is 0 Å². The van der Waals surface area contributed by atoms with E-state index in [4.69, 9.17) is 0 Å². The van der Waals surface area contributed by atoms with Crippen LogP contribution < -0.4 is 10.6 Å². The second kappa shape index (κ2) is 10.5. The zero-order valence-electron chi connectivity index (χ0n) is 15.7. The summed E-state index contributed by atoms with van der Waals surface area (Å²) in [5.74, 6) is 0.992. The highest BCUT2D eigenvalue weighted by Crippen LogP contribution is 2.24. The molecule has 26 heavy (non-hydrogen) atoms. The number of aliphatic hydroxyl groups is 1. The maximum absolute atomic E-state index is 11.7. The number of aryl methyl sites for hydroxylation is 1. The van der Waals surface area contributed by atoms with Gasteiger partial charge in [-0.1, -0.05) is 18.6 Å². The third-order valence-corrected chi connectivity index (χ3v) is 5.81. The fraction of sp³-hybridized carbons (Fsp3) is 0.611. The van der Waals surface area contributed by atoms with Crippen LogP contribution in [0.25, 0.3) is 0 Å². The largest absolute Gasteiger partial charge is 0.393 e. The monoisotopic (exact) mass is 495 g/mol. The van der Waals surface area contributed by atoms with Crippen LogP contribution in [0.2, 0.25) is 0 Å². The minimum atomic E-state index is -3.20. The molecule has 1 saturated carbocycles. The van der Waals surface area contributed by atoms with Crippen LogP contribution in [-0.2, 0) is 16.4 Å². The van der Waals surface area contributed by atoms with Gasteiger partial charge in [-0.3, -0.25) is 0 Å². The van der Waals surface area contributed by atoms with Gasteiger partial charge in [0, 0.05) is 25.3 Å². The van der Waals surface area contributed by atoms with Gasteiger partial charge in [-0.15, -0.1) is 24.0 Å². The van der Waals surface area contributed by atoms with Gasteiger partial charge in [0.2, 0.25) is 0 Å². The van der Waals surface area contributed by atoms with Gasteiger partial charge in [-0.05, 0) is 43.9 Å². The third kappa shape index (κ3) is 6.70. The summed E-state index contributed by atoms with van der Waals surface area (Å²) < 4.78 is 23.4. The molecule has 2 rings (SSSR count). The van der Waals surface area contributed by atoms with Crippen LogP contribution in [0.5, 0.6) is 0 Å². The van der Waals surface area contributed by atoms with Crippen molar-refractivity contribution in [2.45, 2.75) is 50.7 Å². The molecular weight excluding hydrogens is 465 g/mol. The van der Waals surface area contributed by atoms with Crippen molar-refractivity contribution in [3.05, 3.63) is 29.3 Å². The van der Waals surface area contributed by atoms with Crippen molar-refractivity contribution < 1.29 is 13.5 Å². The van der Waals surface area contributed by atoms with Crippen LogP contribution in [0.15, 0.2) is 28.1 Å². The Kier molecular flexibility index (Phi) is 9.32. The molecule has 3 N–H and O–H groups in total. The Bertz CT molecular complexity index is 722. The molecule has 1 aliphatic rings. The van der Waals surface area contributed by atoms with Gasteiger partial charge in [0.15, 0.2) is 15.8 Å². The van der Waals surface area contributed by atoms with E-state index in [1.165, 1.54) is 6.26 Å². The van der Waals surface area contributed by atoms with Crippen molar-refractivity contribution >= 4 is 39.8 Å². The highest BCUT2D eigenvalue weighted by atomic mass is 127. The summed E-state index contributed by atoms with van der Waals surface area (Å²) in [5, 5.41) is 16.4. The molecule has 0 heterocycles. The number of aliphatic hydroxyl groups excluding tert-OH is 1. The summed E-state index contributed by atoms with van der Waals surface area (Å²) in [6.45, 7) is 5.73. The Morgan fingerprint density at radius 3 is 2.58 bits per heavy atom. The first-order valence-corrected chi connectivity index (χ1v) is 10.7. The van der Waals surface area contributed by atoms with Crippen molar-refractivity contribution in [2.24, 2.45) is 10.9 Å². The third-order valence-electron chi connectivity index (χ3n) is 4.55. The predicted octanol–water partition coefficient (Wildman–Crippen LogP) is 2.23. The molecule has 2 atom stereocenters. The molecule has 1 aromatic rings. The van der Waals surface area contributed by atoms with E-state index in [0.29, 0.717) is 23.9 Å². The Hall–Kier alpha value is -0.870. The Balaban J connectivity index is 0.00000338. The molecule has 0 spiro atoms. The van der Waals surface area contributed by atoms with E-state index in [-0.39, 0.29) is 36.0 Å². The first-order chi connectivity index (χ1) is 11.8. The zero-order chi connectivity index (χ0) is 18.4. The van der Waals surface area contributed by atoms with E-state index in [1.807, 2.05) is 13.0 Å². The van der Waals surface area contributed by atoms with Gasteiger partial charge in [-0.2, -0.15) is 0 Å². The number of aliphatic imine (C=N–C) groups is 1. The first-order valence-electron chi connectivity index (χ1n) is 8.81. The average Bonchev–Trinajstić information content (AvgIpc) is 2.94. The Labute approximate surface area is 173 Å². The molecule has 0 radical (unpaired) electrons. The summed E-state index contributed by atoms with van der Waals surface area (Å²) in [6, 6.07) is 5.31. The molecule has 148 valence electrons. The molecule has 0 amide bonds. The number of halogens is 1. The number of nitrogens with one attached hydrogen (secondary N) is 2. The molecule has 1 fully saturated rings.